The van der Waals surface area contributed by atoms with Crippen molar-refractivity contribution in [2.75, 3.05) is 7.11 Å². The molecule has 0 N–H and O–H groups in total. The molecule has 7 heteroatoms. The number of nitro benzene ring substituents is 1. The fourth-order valence-electron chi connectivity index (χ4n) is 4.01. The van der Waals surface area contributed by atoms with Gasteiger partial charge in [-0.1, -0.05) is 12.1 Å². The molecule has 140 valence electrons. The van der Waals surface area contributed by atoms with Gasteiger partial charge in [0.2, 0.25) is 0 Å². The number of ether oxygens (including phenoxy) is 3. The largest absolute Gasteiger partial charge is 0.497 e. The van der Waals surface area contributed by atoms with E-state index in [0.717, 1.165) is 17.7 Å². The highest BCUT2D eigenvalue weighted by molar-refractivity contribution is 5.89. The Morgan fingerprint density at radius 1 is 1.19 bits per heavy atom. The number of non-ortho nitro benzene ring substituents is 1. The summed E-state index contributed by atoms with van der Waals surface area (Å²) in [5, 5.41) is 10.7. The molecule has 1 heterocycles. The van der Waals surface area contributed by atoms with Crippen LogP contribution in [-0.4, -0.2) is 29.7 Å². The van der Waals surface area contributed by atoms with Gasteiger partial charge in [0.05, 0.1) is 17.6 Å². The number of hydrogen-bond acceptors (Lipinski definition) is 6. The Balaban J connectivity index is 1.48. The minimum atomic E-state index is -0.571. The highest BCUT2D eigenvalue weighted by Crippen LogP contribution is 2.66. The van der Waals surface area contributed by atoms with Crippen molar-refractivity contribution in [1.29, 1.82) is 0 Å². The van der Waals surface area contributed by atoms with Gasteiger partial charge in [-0.05, 0) is 49.6 Å². The van der Waals surface area contributed by atoms with Gasteiger partial charge in [0, 0.05) is 12.1 Å². The molecule has 4 rings (SSSR count). The molecule has 3 atom stereocenters. The zero-order chi connectivity index (χ0) is 19.2. The van der Waals surface area contributed by atoms with Crippen LogP contribution in [0.15, 0.2) is 48.5 Å². The standard InChI is InChI=1S/C20H19NO6/c1-19-17(26-18(22)13-3-7-15(8-4-13)21(23)24)11-12-20(19,27-19)14-5-9-16(25-2)10-6-14/h3-10,17H,11-12H2,1-2H3/t17-,19+,20+/m0/s1. The van der Waals surface area contributed by atoms with Crippen molar-refractivity contribution in [3.63, 3.8) is 0 Å². The molecule has 0 spiro atoms. The van der Waals surface area contributed by atoms with Crippen molar-refractivity contribution in [3.05, 3.63) is 69.8 Å². The van der Waals surface area contributed by atoms with Crippen LogP contribution < -0.4 is 4.74 Å². The number of methoxy groups -OCH3 is 1. The lowest BCUT2D eigenvalue weighted by molar-refractivity contribution is -0.384. The zero-order valence-electron chi connectivity index (χ0n) is 15.0. The number of carbonyl (C=O) groups is 1. The van der Waals surface area contributed by atoms with Crippen LogP contribution in [0.1, 0.15) is 35.7 Å². The van der Waals surface area contributed by atoms with Gasteiger partial charge in [0.15, 0.2) is 0 Å². The predicted molar refractivity (Wildman–Crippen MR) is 95.7 cm³/mol. The Labute approximate surface area is 156 Å². The number of rotatable bonds is 5. The molecule has 27 heavy (non-hydrogen) atoms. The Bertz CT molecular complexity index is 890. The first-order chi connectivity index (χ1) is 12.9. The second-order valence-electron chi connectivity index (χ2n) is 7.00. The van der Waals surface area contributed by atoms with Gasteiger partial charge in [-0.3, -0.25) is 10.1 Å². The lowest BCUT2D eigenvalue weighted by Gasteiger charge is -2.17. The summed E-state index contributed by atoms with van der Waals surface area (Å²) in [6, 6.07) is 13.1. The molecule has 1 saturated heterocycles. The van der Waals surface area contributed by atoms with E-state index < -0.39 is 22.1 Å². The smallest absolute Gasteiger partial charge is 0.338 e. The monoisotopic (exact) mass is 369 g/mol. The molecule has 0 aromatic heterocycles. The Morgan fingerprint density at radius 2 is 1.85 bits per heavy atom. The second kappa shape index (κ2) is 6.06. The van der Waals surface area contributed by atoms with Crippen molar-refractivity contribution in [3.8, 4) is 5.75 Å². The molecular formula is C20H19NO6. The summed E-state index contributed by atoms with van der Waals surface area (Å²) in [7, 11) is 1.62. The quantitative estimate of drug-likeness (QED) is 0.346. The van der Waals surface area contributed by atoms with E-state index in [1.54, 1.807) is 7.11 Å². The minimum absolute atomic E-state index is 0.0663. The van der Waals surface area contributed by atoms with E-state index in [1.807, 2.05) is 31.2 Å². The molecule has 2 aromatic rings. The van der Waals surface area contributed by atoms with Gasteiger partial charge in [-0.2, -0.15) is 0 Å². The molecule has 1 aliphatic heterocycles. The van der Waals surface area contributed by atoms with Crippen molar-refractivity contribution < 1.29 is 23.9 Å². The Morgan fingerprint density at radius 3 is 2.41 bits per heavy atom. The van der Waals surface area contributed by atoms with Gasteiger partial charge >= 0.3 is 5.97 Å². The maximum absolute atomic E-state index is 12.4. The van der Waals surface area contributed by atoms with Crippen LogP contribution in [0.4, 0.5) is 5.69 Å². The molecule has 0 unspecified atom stereocenters. The Hall–Kier alpha value is -2.93. The summed E-state index contributed by atoms with van der Waals surface area (Å²) in [5.74, 6) is 0.272. The number of esters is 1. The first-order valence-electron chi connectivity index (χ1n) is 8.70. The van der Waals surface area contributed by atoms with E-state index in [9.17, 15) is 14.9 Å². The van der Waals surface area contributed by atoms with Crippen LogP contribution in [0.25, 0.3) is 0 Å². The number of benzene rings is 2. The number of nitro groups is 1. The van der Waals surface area contributed by atoms with Crippen LogP contribution in [0.3, 0.4) is 0 Å². The van der Waals surface area contributed by atoms with Gasteiger partial charge in [0.1, 0.15) is 23.1 Å². The summed E-state index contributed by atoms with van der Waals surface area (Å²) >= 11 is 0. The minimum Gasteiger partial charge on any atom is -0.497 e. The van der Waals surface area contributed by atoms with Gasteiger partial charge in [0.25, 0.3) is 5.69 Å². The molecule has 1 saturated carbocycles. The molecule has 0 radical (unpaired) electrons. The molecule has 1 aliphatic carbocycles. The highest BCUT2D eigenvalue weighted by atomic mass is 16.7. The first kappa shape index (κ1) is 17.5. The molecule has 2 aromatic carbocycles. The van der Waals surface area contributed by atoms with Crippen molar-refractivity contribution in [2.45, 2.75) is 37.1 Å². The summed E-state index contributed by atoms with van der Waals surface area (Å²) < 4.78 is 17.0. The van der Waals surface area contributed by atoms with E-state index >= 15 is 0 Å². The third-order valence-electron chi connectivity index (χ3n) is 5.64. The second-order valence-corrected chi connectivity index (χ2v) is 7.00. The van der Waals surface area contributed by atoms with E-state index in [-0.39, 0.29) is 17.4 Å². The number of epoxide rings is 1. The van der Waals surface area contributed by atoms with Gasteiger partial charge in [-0.25, -0.2) is 4.79 Å². The third-order valence-corrected chi connectivity index (χ3v) is 5.64. The van der Waals surface area contributed by atoms with Crippen molar-refractivity contribution in [2.24, 2.45) is 0 Å². The normalized spacial score (nSPS) is 28.3. The predicted octanol–water partition coefficient (Wildman–Crippen LogP) is 3.61. The third kappa shape index (κ3) is 2.66. The van der Waals surface area contributed by atoms with Crippen molar-refractivity contribution in [1.82, 2.24) is 0 Å². The summed E-state index contributed by atoms with van der Waals surface area (Å²) in [6.45, 7) is 1.96. The van der Waals surface area contributed by atoms with Crippen LogP contribution in [-0.2, 0) is 15.1 Å². The van der Waals surface area contributed by atoms with Crippen LogP contribution in [0.5, 0.6) is 5.75 Å². The highest BCUT2D eigenvalue weighted by Gasteiger charge is 2.76. The molecule has 7 nitrogen and oxygen atoms in total. The molecule has 2 aliphatic rings. The van der Waals surface area contributed by atoms with Crippen molar-refractivity contribution >= 4 is 11.7 Å². The Kier molecular flexibility index (Phi) is 3.92. The van der Waals surface area contributed by atoms with E-state index in [2.05, 4.69) is 0 Å². The number of nitrogens with zero attached hydrogens (tertiary/aromatic N) is 1. The average molecular weight is 369 g/mol. The van der Waals surface area contributed by atoms with Crippen LogP contribution in [0.2, 0.25) is 0 Å². The maximum Gasteiger partial charge on any atom is 0.338 e. The fraction of sp³-hybridized carbons (Fsp3) is 0.350. The fourth-order valence-corrected chi connectivity index (χ4v) is 4.01. The molecule has 2 fully saturated rings. The van der Waals surface area contributed by atoms with E-state index in [0.29, 0.717) is 6.42 Å². The van der Waals surface area contributed by atoms with Crippen LogP contribution >= 0.6 is 0 Å². The average Bonchev–Trinajstić information content (AvgIpc) is 3.22. The number of fused-ring (bicyclic) bond motifs is 1. The zero-order valence-corrected chi connectivity index (χ0v) is 15.0. The summed E-state index contributed by atoms with van der Waals surface area (Å²) in [6.07, 6.45) is 1.08. The topological polar surface area (TPSA) is 91.2 Å². The number of hydrogen-bond donors (Lipinski definition) is 0. The SMILES string of the molecule is COc1ccc([C@]23CC[C@H](OC(=O)c4ccc([N+](=O)[O-])cc4)[C@@]2(C)O3)cc1. The first-order valence-corrected chi connectivity index (χ1v) is 8.70. The lowest BCUT2D eigenvalue weighted by atomic mass is 9.89. The molecular weight excluding hydrogens is 350 g/mol. The van der Waals surface area contributed by atoms with E-state index in [4.69, 9.17) is 14.2 Å². The lowest BCUT2D eigenvalue weighted by Crippen LogP contribution is -2.31. The van der Waals surface area contributed by atoms with Gasteiger partial charge < -0.3 is 14.2 Å². The summed E-state index contributed by atoms with van der Waals surface area (Å²) in [4.78, 5) is 22.7. The summed E-state index contributed by atoms with van der Waals surface area (Å²) in [5.41, 5.74) is 0.243. The molecule has 0 bridgehead atoms. The number of carbonyl (C=O) groups excluding carboxylic acids is 1. The maximum atomic E-state index is 12.4. The molecule has 0 amide bonds. The van der Waals surface area contributed by atoms with E-state index in [1.165, 1.54) is 24.3 Å². The van der Waals surface area contributed by atoms with Crippen LogP contribution in [0, 0.1) is 10.1 Å². The van der Waals surface area contributed by atoms with Gasteiger partial charge in [-0.15, -0.1) is 0 Å².